The van der Waals surface area contributed by atoms with E-state index in [4.69, 9.17) is 9.47 Å². The van der Waals surface area contributed by atoms with Crippen LogP contribution in [0.15, 0.2) is 30.4 Å². The summed E-state index contributed by atoms with van der Waals surface area (Å²) in [7, 11) is 3.75. The van der Waals surface area contributed by atoms with Crippen LogP contribution in [-0.2, 0) is 0 Å². The van der Waals surface area contributed by atoms with Gasteiger partial charge < -0.3 is 25.0 Å². The summed E-state index contributed by atoms with van der Waals surface area (Å²) in [5, 5.41) is 23.4. The van der Waals surface area contributed by atoms with Gasteiger partial charge in [0.25, 0.3) is 0 Å². The second-order valence-electron chi connectivity index (χ2n) is 8.03. The van der Waals surface area contributed by atoms with E-state index in [0.29, 0.717) is 13.0 Å². The Bertz CT molecular complexity index is 633. The Balaban J connectivity index is 0.000000941. The van der Waals surface area contributed by atoms with Crippen LogP contribution in [0.5, 0.6) is 11.5 Å². The zero-order valence-corrected chi connectivity index (χ0v) is 18.4. The van der Waals surface area contributed by atoms with Crippen LogP contribution in [0.25, 0.3) is 0 Å². The number of aliphatic hydroxyl groups excluding tert-OH is 2. The highest BCUT2D eigenvalue weighted by Crippen LogP contribution is 2.53. The lowest BCUT2D eigenvalue weighted by Crippen LogP contribution is -2.17. The van der Waals surface area contributed by atoms with Gasteiger partial charge in [0.05, 0.1) is 18.8 Å². The molecule has 1 heterocycles. The Kier molecular flexibility index (Phi) is 9.98. The largest absolute Gasteiger partial charge is 0.490 e. The molecule has 0 unspecified atom stereocenters. The Hall–Kier alpha value is -1.56. The molecule has 0 bridgehead atoms. The molecule has 0 aromatic heterocycles. The van der Waals surface area contributed by atoms with Crippen LogP contribution in [0.3, 0.4) is 0 Å². The van der Waals surface area contributed by atoms with Crippen LogP contribution in [0.1, 0.15) is 63.9 Å². The number of ether oxygens (including phenoxy) is 2. The van der Waals surface area contributed by atoms with Crippen molar-refractivity contribution in [2.45, 2.75) is 76.6 Å². The molecule has 5 atom stereocenters. The smallest absolute Gasteiger partial charge is 0.165 e. The molecule has 1 aromatic carbocycles. The number of nitrogens with one attached hydrogen (secondary N) is 1. The van der Waals surface area contributed by atoms with Gasteiger partial charge in [0.1, 0.15) is 6.10 Å². The van der Waals surface area contributed by atoms with Crippen molar-refractivity contribution >= 4 is 0 Å². The second kappa shape index (κ2) is 12.2. The second-order valence-corrected chi connectivity index (χ2v) is 8.03. The summed E-state index contributed by atoms with van der Waals surface area (Å²) in [6, 6.07) is 6.03. The monoisotopic (exact) mass is 405 g/mol. The lowest BCUT2D eigenvalue weighted by atomic mass is 9.87. The minimum Gasteiger partial charge on any atom is -0.490 e. The summed E-state index contributed by atoms with van der Waals surface area (Å²) in [6.07, 6.45) is 8.66. The lowest BCUT2D eigenvalue weighted by Gasteiger charge is -2.18. The van der Waals surface area contributed by atoms with Crippen molar-refractivity contribution < 1.29 is 19.7 Å². The zero-order chi connectivity index (χ0) is 21.2. The van der Waals surface area contributed by atoms with Crippen LogP contribution < -0.4 is 14.8 Å². The molecule has 0 saturated heterocycles. The topological polar surface area (TPSA) is 71.0 Å². The molecule has 3 N–H and O–H groups in total. The number of benzene rings is 1. The number of unbranched alkanes of at least 4 members (excludes halogenated alkanes) is 2. The van der Waals surface area contributed by atoms with Crippen LogP contribution in [0.2, 0.25) is 0 Å². The normalized spacial score (nSPS) is 25.7. The fourth-order valence-electron chi connectivity index (χ4n) is 4.16. The van der Waals surface area contributed by atoms with Crippen molar-refractivity contribution in [1.29, 1.82) is 0 Å². The van der Waals surface area contributed by atoms with E-state index in [1.165, 1.54) is 0 Å². The number of hydrogen-bond acceptors (Lipinski definition) is 5. The molecule has 3 rings (SSSR count). The Labute approximate surface area is 176 Å². The van der Waals surface area contributed by atoms with Gasteiger partial charge in [0, 0.05) is 23.8 Å². The molecule has 0 radical (unpaired) electrons. The SMILES string of the molecule is CCCCC[C@H](O)C=C[C@@H]1[C@H]2c3cccc(OCCC)c3O[C@H]2C[C@H]1O.CNC. The molecule has 5 heteroatoms. The van der Waals surface area contributed by atoms with Gasteiger partial charge in [-0.1, -0.05) is 57.4 Å². The minimum absolute atomic E-state index is 0.0155. The Morgan fingerprint density at radius 2 is 2.00 bits per heavy atom. The highest BCUT2D eigenvalue weighted by Gasteiger charge is 2.49. The molecular weight excluding hydrogens is 366 g/mol. The lowest BCUT2D eigenvalue weighted by molar-refractivity contribution is 0.134. The van der Waals surface area contributed by atoms with Gasteiger partial charge in [-0.3, -0.25) is 0 Å². The molecule has 1 aliphatic carbocycles. The van der Waals surface area contributed by atoms with Gasteiger partial charge in [-0.05, 0) is 33.0 Å². The minimum atomic E-state index is -0.436. The molecular formula is C24H39NO4. The zero-order valence-electron chi connectivity index (χ0n) is 18.4. The van der Waals surface area contributed by atoms with E-state index in [-0.39, 0.29) is 17.9 Å². The van der Waals surface area contributed by atoms with Crippen molar-refractivity contribution in [3.05, 3.63) is 35.9 Å². The number of para-hydroxylation sites is 1. The summed E-state index contributed by atoms with van der Waals surface area (Å²) >= 11 is 0. The molecule has 164 valence electrons. The molecule has 5 nitrogen and oxygen atoms in total. The predicted octanol–water partition coefficient (Wildman–Crippen LogP) is 4.03. The van der Waals surface area contributed by atoms with Crippen molar-refractivity contribution in [2.24, 2.45) is 5.92 Å². The molecule has 2 aliphatic rings. The van der Waals surface area contributed by atoms with Crippen LogP contribution in [-0.4, -0.2) is 49.2 Å². The van der Waals surface area contributed by atoms with E-state index >= 15 is 0 Å². The van der Waals surface area contributed by atoms with E-state index in [0.717, 1.165) is 49.2 Å². The molecule has 1 fully saturated rings. The average molecular weight is 406 g/mol. The van der Waals surface area contributed by atoms with Gasteiger partial charge in [-0.2, -0.15) is 0 Å². The highest BCUT2D eigenvalue weighted by atomic mass is 16.5. The first-order valence-electron chi connectivity index (χ1n) is 11.1. The summed E-state index contributed by atoms with van der Waals surface area (Å²) in [5.74, 6) is 1.74. The van der Waals surface area contributed by atoms with Gasteiger partial charge >= 0.3 is 0 Å². The fourth-order valence-corrected chi connectivity index (χ4v) is 4.16. The number of hydrogen-bond donors (Lipinski definition) is 3. The summed E-state index contributed by atoms with van der Waals surface area (Å²) in [5.41, 5.74) is 1.12. The molecule has 0 amide bonds. The van der Waals surface area contributed by atoms with Gasteiger partial charge in [-0.15, -0.1) is 0 Å². The van der Waals surface area contributed by atoms with Gasteiger partial charge in [-0.25, -0.2) is 0 Å². The Morgan fingerprint density at radius 1 is 1.24 bits per heavy atom. The molecule has 29 heavy (non-hydrogen) atoms. The van der Waals surface area contributed by atoms with Crippen LogP contribution >= 0.6 is 0 Å². The van der Waals surface area contributed by atoms with Crippen molar-refractivity contribution in [3.63, 3.8) is 0 Å². The summed E-state index contributed by atoms with van der Waals surface area (Å²) in [6.45, 7) is 4.92. The van der Waals surface area contributed by atoms with Crippen LogP contribution in [0.4, 0.5) is 0 Å². The number of aliphatic hydroxyl groups is 2. The maximum absolute atomic E-state index is 10.5. The van der Waals surface area contributed by atoms with E-state index in [1.54, 1.807) is 0 Å². The number of fused-ring (bicyclic) bond motifs is 3. The maximum atomic E-state index is 10.5. The van der Waals surface area contributed by atoms with E-state index in [2.05, 4.69) is 25.2 Å². The van der Waals surface area contributed by atoms with Crippen LogP contribution in [0, 0.1) is 5.92 Å². The van der Waals surface area contributed by atoms with Gasteiger partial charge in [0.15, 0.2) is 11.5 Å². The first-order chi connectivity index (χ1) is 14.1. The quantitative estimate of drug-likeness (QED) is 0.427. The van der Waals surface area contributed by atoms with Gasteiger partial charge in [0.2, 0.25) is 0 Å². The molecule has 1 aliphatic heterocycles. The highest BCUT2D eigenvalue weighted by molar-refractivity contribution is 5.53. The fraction of sp³-hybridized carbons (Fsp3) is 0.667. The van der Waals surface area contributed by atoms with Crippen molar-refractivity contribution in [1.82, 2.24) is 5.32 Å². The standard InChI is InChI=1S/C22H32O4.C2H7N/c1-3-5-6-8-15(23)11-12-16-18(24)14-20-21(16)17-9-7-10-19(22(17)26-20)25-13-4-2;1-3-2/h7,9-12,15-16,18,20-21,23-24H,3-6,8,13-14H2,1-2H3;3H,1-2H3/t15-,16-,18+,20-,21-;/m0./s1. The first kappa shape index (κ1) is 23.7. The molecule has 0 spiro atoms. The summed E-state index contributed by atoms with van der Waals surface area (Å²) < 4.78 is 12.0. The van der Waals surface area contributed by atoms with E-state index in [1.807, 2.05) is 38.4 Å². The number of rotatable bonds is 9. The van der Waals surface area contributed by atoms with E-state index in [9.17, 15) is 10.2 Å². The third-order valence-corrected chi connectivity index (χ3v) is 5.49. The van der Waals surface area contributed by atoms with E-state index < -0.39 is 12.2 Å². The predicted molar refractivity (Wildman–Crippen MR) is 118 cm³/mol. The Morgan fingerprint density at radius 3 is 2.69 bits per heavy atom. The van der Waals surface area contributed by atoms with Crippen molar-refractivity contribution in [2.75, 3.05) is 20.7 Å². The molecule has 1 saturated carbocycles. The third kappa shape index (κ3) is 6.21. The third-order valence-electron chi connectivity index (χ3n) is 5.49. The first-order valence-corrected chi connectivity index (χ1v) is 11.1. The summed E-state index contributed by atoms with van der Waals surface area (Å²) in [4.78, 5) is 0. The maximum Gasteiger partial charge on any atom is 0.165 e. The molecule has 1 aromatic rings. The average Bonchev–Trinajstić information content (AvgIpc) is 3.20. The van der Waals surface area contributed by atoms with Crippen molar-refractivity contribution in [3.8, 4) is 11.5 Å².